The number of quaternary nitrogens is 1. The zero-order valence-corrected chi connectivity index (χ0v) is 7.72. The van der Waals surface area contributed by atoms with Crippen molar-refractivity contribution in [3.8, 4) is 0 Å². The van der Waals surface area contributed by atoms with Crippen LogP contribution >= 0.6 is 0 Å². The van der Waals surface area contributed by atoms with Crippen molar-refractivity contribution in [2.24, 2.45) is 11.8 Å². The molecule has 0 amide bonds. The predicted molar refractivity (Wildman–Crippen MR) is 44.8 cm³/mol. The SMILES string of the molecule is CC(C)C1CC[N+](C)(C)C1. The summed E-state index contributed by atoms with van der Waals surface area (Å²) in [6.45, 7) is 7.45. The molecule has 1 unspecified atom stereocenters. The molecule has 1 aliphatic rings. The van der Waals surface area contributed by atoms with Crippen molar-refractivity contribution in [1.82, 2.24) is 0 Å². The molecular formula is C9H20N+. The summed E-state index contributed by atoms with van der Waals surface area (Å²) in [6.07, 6.45) is 1.44. The fourth-order valence-electron chi connectivity index (χ4n) is 1.88. The van der Waals surface area contributed by atoms with E-state index in [2.05, 4.69) is 27.9 Å². The number of likely N-dealkylation sites (tertiary alicyclic amines) is 1. The lowest BCUT2D eigenvalue weighted by Crippen LogP contribution is -2.36. The highest BCUT2D eigenvalue weighted by Crippen LogP contribution is 2.26. The van der Waals surface area contributed by atoms with Crippen LogP contribution in [0, 0.1) is 11.8 Å². The van der Waals surface area contributed by atoms with Crippen molar-refractivity contribution in [3.05, 3.63) is 0 Å². The molecule has 1 heterocycles. The van der Waals surface area contributed by atoms with Gasteiger partial charge in [0, 0.05) is 12.3 Å². The van der Waals surface area contributed by atoms with E-state index in [1.807, 2.05) is 0 Å². The Morgan fingerprint density at radius 1 is 1.30 bits per heavy atom. The van der Waals surface area contributed by atoms with Crippen LogP contribution in [0.3, 0.4) is 0 Å². The molecule has 0 aromatic heterocycles. The molecule has 1 aliphatic heterocycles. The standard InChI is InChI=1S/C9H20N/c1-8(2)9-5-6-10(3,4)7-9/h8-9H,5-7H2,1-4H3/q+1. The van der Waals surface area contributed by atoms with Gasteiger partial charge in [-0.3, -0.25) is 0 Å². The topological polar surface area (TPSA) is 0 Å². The van der Waals surface area contributed by atoms with Crippen LogP contribution in [0.2, 0.25) is 0 Å². The monoisotopic (exact) mass is 142 g/mol. The molecule has 0 N–H and O–H groups in total. The summed E-state index contributed by atoms with van der Waals surface area (Å²) in [4.78, 5) is 0. The van der Waals surface area contributed by atoms with Crippen LogP contribution in [-0.4, -0.2) is 31.7 Å². The van der Waals surface area contributed by atoms with E-state index in [-0.39, 0.29) is 0 Å². The Labute approximate surface area is 64.6 Å². The van der Waals surface area contributed by atoms with Gasteiger partial charge < -0.3 is 4.48 Å². The van der Waals surface area contributed by atoms with Gasteiger partial charge in [0.15, 0.2) is 0 Å². The van der Waals surface area contributed by atoms with Crippen LogP contribution in [0.25, 0.3) is 0 Å². The molecular weight excluding hydrogens is 122 g/mol. The predicted octanol–water partition coefficient (Wildman–Crippen LogP) is 1.74. The molecule has 0 aliphatic carbocycles. The molecule has 1 heteroatoms. The van der Waals surface area contributed by atoms with Crippen molar-refractivity contribution >= 4 is 0 Å². The molecule has 1 saturated heterocycles. The Morgan fingerprint density at radius 3 is 2.10 bits per heavy atom. The average molecular weight is 142 g/mol. The molecule has 0 aromatic rings. The first kappa shape index (κ1) is 8.06. The van der Waals surface area contributed by atoms with E-state index in [4.69, 9.17) is 0 Å². The first-order valence-electron chi connectivity index (χ1n) is 4.33. The maximum atomic E-state index is 2.34. The summed E-state index contributed by atoms with van der Waals surface area (Å²) in [7, 11) is 4.67. The van der Waals surface area contributed by atoms with Gasteiger partial charge in [-0.25, -0.2) is 0 Å². The second kappa shape index (κ2) is 2.54. The highest BCUT2D eigenvalue weighted by molar-refractivity contribution is 4.67. The molecule has 1 atom stereocenters. The summed E-state index contributed by atoms with van der Waals surface area (Å²) in [6, 6.07) is 0. The molecule has 60 valence electrons. The minimum Gasteiger partial charge on any atom is -0.328 e. The van der Waals surface area contributed by atoms with Crippen LogP contribution in [0.4, 0.5) is 0 Å². The van der Waals surface area contributed by atoms with Gasteiger partial charge in [0.25, 0.3) is 0 Å². The lowest BCUT2D eigenvalue weighted by atomic mass is 9.95. The Kier molecular flexibility index (Phi) is 2.04. The molecule has 0 aromatic carbocycles. The van der Waals surface area contributed by atoms with E-state index >= 15 is 0 Å². The fourth-order valence-corrected chi connectivity index (χ4v) is 1.88. The summed E-state index contributed by atoms with van der Waals surface area (Å²) in [5.74, 6) is 1.87. The van der Waals surface area contributed by atoms with Crippen molar-refractivity contribution in [2.75, 3.05) is 27.2 Å². The highest BCUT2D eigenvalue weighted by Gasteiger charge is 2.32. The average Bonchev–Trinajstić information content (AvgIpc) is 2.10. The molecule has 0 saturated carbocycles. The minimum absolute atomic E-state index is 0.889. The molecule has 0 spiro atoms. The van der Waals surface area contributed by atoms with Gasteiger partial charge in [-0.05, 0) is 5.92 Å². The quantitative estimate of drug-likeness (QED) is 0.489. The highest BCUT2D eigenvalue weighted by atomic mass is 15.3. The zero-order valence-electron chi connectivity index (χ0n) is 7.72. The third-order valence-electron chi connectivity index (χ3n) is 2.78. The first-order chi connectivity index (χ1) is 4.51. The lowest BCUT2D eigenvalue weighted by molar-refractivity contribution is -0.879. The van der Waals surface area contributed by atoms with Gasteiger partial charge in [0.05, 0.1) is 27.2 Å². The number of hydrogen-bond donors (Lipinski definition) is 0. The molecule has 1 nitrogen and oxygen atoms in total. The van der Waals surface area contributed by atoms with Crippen LogP contribution in [0.5, 0.6) is 0 Å². The van der Waals surface area contributed by atoms with Gasteiger partial charge in [-0.15, -0.1) is 0 Å². The van der Waals surface area contributed by atoms with Crippen LogP contribution in [0.1, 0.15) is 20.3 Å². The third-order valence-corrected chi connectivity index (χ3v) is 2.78. The van der Waals surface area contributed by atoms with Crippen LogP contribution in [-0.2, 0) is 0 Å². The summed E-state index contributed by atoms with van der Waals surface area (Å²) < 4.78 is 1.24. The molecule has 0 radical (unpaired) electrons. The summed E-state index contributed by atoms with van der Waals surface area (Å²) >= 11 is 0. The van der Waals surface area contributed by atoms with Gasteiger partial charge in [-0.1, -0.05) is 13.8 Å². The number of rotatable bonds is 1. The summed E-state index contributed by atoms with van der Waals surface area (Å²) in [5, 5.41) is 0. The van der Waals surface area contributed by atoms with Gasteiger partial charge in [-0.2, -0.15) is 0 Å². The maximum absolute atomic E-state index is 2.34. The Bertz CT molecular complexity index is 116. The second-order valence-corrected chi connectivity index (χ2v) is 4.63. The number of hydrogen-bond acceptors (Lipinski definition) is 0. The van der Waals surface area contributed by atoms with E-state index in [1.54, 1.807) is 0 Å². The van der Waals surface area contributed by atoms with Gasteiger partial charge in [0.1, 0.15) is 0 Å². The third kappa shape index (κ3) is 1.72. The molecule has 0 bridgehead atoms. The second-order valence-electron chi connectivity index (χ2n) is 4.63. The van der Waals surface area contributed by atoms with Crippen LogP contribution < -0.4 is 0 Å². The largest absolute Gasteiger partial charge is 0.328 e. The Hall–Kier alpha value is -0.0400. The molecule has 1 rings (SSSR count). The molecule has 1 fully saturated rings. The van der Waals surface area contributed by atoms with E-state index in [1.165, 1.54) is 24.0 Å². The van der Waals surface area contributed by atoms with Crippen molar-refractivity contribution < 1.29 is 4.48 Å². The lowest BCUT2D eigenvalue weighted by Gasteiger charge is -2.24. The van der Waals surface area contributed by atoms with E-state index in [9.17, 15) is 0 Å². The normalized spacial score (nSPS) is 31.5. The van der Waals surface area contributed by atoms with Crippen molar-refractivity contribution in [3.63, 3.8) is 0 Å². The van der Waals surface area contributed by atoms with Gasteiger partial charge >= 0.3 is 0 Å². The maximum Gasteiger partial charge on any atom is 0.0815 e. The van der Waals surface area contributed by atoms with Crippen molar-refractivity contribution in [1.29, 1.82) is 0 Å². The fraction of sp³-hybridized carbons (Fsp3) is 1.00. The Morgan fingerprint density at radius 2 is 1.90 bits per heavy atom. The first-order valence-corrected chi connectivity index (χ1v) is 4.33. The Balaban J connectivity index is 2.43. The van der Waals surface area contributed by atoms with Crippen molar-refractivity contribution in [2.45, 2.75) is 20.3 Å². The van der Waals surface area contributed by atoms with Crippen LogP contribution in [0.15, 0.2) is 0 Å². The van der Waals surface area contributed by atoms with E-state index in [0.29, 0.717) is 0 Å². The van der Waals surface area contributed by atoms with E-state index < -0.39 is 0 Å². The smallest absolute Gasteiger partial charge is 0.0815 e. The molecule has 10 heavy (non-hydrogen) atoms. The summed E-state index contributed by atoms with van der Waals surface area (Å²) in [5.41, 5.74) is 0. The van der Waals surface area contributed by atoms with E-state index in [0.717, 1.165) is 11.8 Å². The minimum atomic E-state index is 0.889. The van der Waals surface area contributed by atoms with Gasteiger partial charge in [0.2, 0.25) is 0 Å². The number of nitrogens with zero attached hydrogens (tertiary/aromatic N) is 1. The zero-order chi connectivity index (χ0) is 7.78.